The molecule has 0 aliphatic carbocycles. The minimum Gasteiger partial charge on any atom is -0.461 e. The minimum absolute atomic E-state index is 0.00618. The first-order valence-corrected chi connectivity index (χ1v) is 8.04. The summed E-state index contributed by atoms with van der Waals surface area (Å²) in [4.78, 5) is 13.1. The van der Waals surface area contributed by atoms with Crippen molar-refractivity contribution >= 4 is 10.9 Å². The summed E-state index contributed by atoms with van der Waals surface area (Å²) in [5, 5.41) is 0.948. The Labute approximate surface area is 140 Å². The number of para-hydroxylation sites is 1. The van der Waals surface area contributed by atoms with E-state index in [-0.39, 0.29) is 5.56 Å². The largest absolute Gasteiger partial charge is 0.461 e. The standard InChI is InChI=1S/C20H19NO3/c1-20(23-2)12-16-18(24-20)15-10-6-7-11-17(15)21(19(16)22)13-14-8-4-3-5-9-14/h3-11H,12-13H2,1-2H3. The fraction of sp³-hybridized carbons (Fsp3) is 0.250. The van der Waals surface area contributed by atoms with Crippen LogP contribution in [0.5, 0.6) is 5.75 Å². The van der Waals surface area contributed by atoms with Gasteiger partial charge in [0, 0.05) is 25.8 Å². The van der Waals surface area contributed by atoms with Crippen LogP contribution in [0, 0.1) is 0 Å². The third-order valence-electron chi connectivity index (χ3n) is 4.65. The van der Waals surface area contributed by atoms with Gasteiger partial charge in [0.1, 0.15) is 5.75 Å². The van der Waals surface area contributed by atoms with Crippen molar-refractivity contribution in [2.75, 3.05) is 7.11 Å². The number of pyridine rings is 1. The van der Waals surface area contributed by atoms with Crippen molar-refractivity contribution in [2.45, 2.75) is 25.7 Å². The molecule has 1 atom stereocenters. The Morgan fingerprint density at radius 3 is 2.58 bits per heavy atom. The highest BCUT2D eigenvalue weighted by atomic mass is 16.7. The van der Waals surface area contributed by atoms with Crippen LogP contribution < -0.4 is 10.3 Å². The number of nitrogens with zero attached hydrogens (tertiary/aromatic N) is 1. The summed E-state index contributed by atoms with van der Waals surface area (Å²) < 4.78 is 13.3. The third-order valence-corrected chi connectivity index (χ3v) is 4.65. The second-order valence-electron chi connectivity index (χ2n) is 6.32. The topological polar surface area (TPSA) is 40.5 Å². The van der Waals surface area contributed by atoms with Crippen molar-refractivity contribution in [3.05, 3.63) is 76.1 Å². The zero-order valence-electron chi connectivity index (χ0n) is 13.8. The van der Waals surface area contributed by atoms with E-state index in [1.807, 2.05) is 66.1 Å². The lowest BCUT2D eigenvalue weighted by atomic mass is 10.1. The first kappa shape index (κ1) is 15.0. The van der Waals surface area contributed by atoms with Crippen LogP contribution in [-0.4, -0.2) is 17.5 Å². The summed E-state index contributed by atoms with van der Waals surface area (Å²) in [6.07, 6.45) is 0.456. The van der Waals surface area contributed by atoms with Crippen LogP contribution in [-0.2, 0) is 17.7 Å². The maximum atomic E-state index is 13.1. The quantitative estimate of drug-likeness (QED) is 0.743. The fourth-order valence-corrected chi connectivity index (χ4v) is 3.32. The van der Waals surface area contributed by atoms with E-state index in [9.17, 15) is 4.79 Å². The highest BCUT2D eigenvalue weighted by Gasteiger charge is 2.38. The van der Waals surface area contributed by atoms with Crippen LogP contribution in [0.2, 0.25) is 0 Å². The molecule has 0 saturated heterocycles. The lowest BCUT2D eigenvalue weighted by Gasteiger charge is -2.21. The van der Waals surface area contributed by atoms with Crippen LogP contribution in [0.25, 0.3) is 10.9 Å². The summed E-state index contributed by atoms with van der Waals surface area (Å²) in [7, 11) is 1.61. The van der Waals surface area contributed by atoms with E-state index in [0.717, 1.165) is 16.5 Å². The van der Waals surface area contributed by atoms with Gasteiger partial charge in [-0.25, -0.2) is 0 Å². The predicted molar refractivity (Wildman–Crippen MR) is 93.5 cm³/mol. The van der Waals surface area contributed by atoms with Gasteiger partial charge in [0.15, 0.2) is 0 Å². The van der Waals surface area contributed by atoms with Gasteiger partial charge in [0.25, 0.3) is 5.56 Å². The van der Waals surface area contributed by atoms with E-state index in [2.05, 4.69) is 0 Å². The highest BCUT2D eigenvalue weighted by Crippen LogP contribution is 2.38. The summed E-state index contributed by atoms with van der Waals surface area (Å²) in [5.74, 6) is -0.125. The van der Waals surface area contributed by atoms with Crippen LogP contribution >= 0.6 is 0 Å². The van der Waals surface area contributed by atoms with Crippen molar-refractivity contribution < 1.29 is 9.47 Å². The van der Waals surface area contributed by atoms with E-state index in [0.29, 0.717) is 24.3 Å². The second kappa shape index (κ2) is 5.49. The Hall–Kier alpha value is -2.59. The first-order chi connectivity index (χ1) is 11.6. The summed E-state index contributed by atoms with van der Waals surface area (Å²) in [6.45, 7) is 2.40. The molecule has 4 nitrogen and oxygen atoms in total. The van der Waals surface area contributed by atoms with E-state index >= 15 is 0 Å². The molecule has 0 bridgehead atoms. The van der Waals surface area contributed by atoms with Gasteiger partial charge in [0.2, 0.25) is 5.79 Å². The lowest BCUT2D eigenvalue weighted by Crippen LogP contribution is -2.33. The molecule has 1 unspecified atom stereocenters. The molecule has 2 aromatic carbocycles. The molecular weight excluding hydrogens is 302 g/mol. The average molecular weight is 321 g/mol. The second-order valence-corrected chi connectivity index (χ2v) is 6.32. The van der Waals surface area contributed by atoms with Crippen molar-refractivity contribution in [1.29, 1.82) is 0 Å². The number of hydrogen-bond acceptors (Lipinski definition) is 3. The van der Waals surface area contributed by atoms with Gasteiger partial charge in [-0.05, 0) is 17.7 Å². The molecule has 4 heteroatoms. The van der Waals surface area contributed by atoms with Crippen molar-refractivity contribution in [1.82, 2.24) is 4.57 Å². The zero-order chi connectivity index (χ0) is 16.7. The first-order valence-electron chi connectivity index (χ1n) is 8.04. The number of aromatic nitrogens is 1. The van der Waals surface area contributed by atoms with E-state index < -0.39 is 5.79 Å². The van der Waals surface area contributed by atoms with Gasteiger partial charge in [-0.2, -0.15) is 0 Å². The number of ether oxygens (including phenoxy) is 2. The molecule has 122 valence electrons. The van der Waals surface area contributed by atoms with Gasteiger partial charge < -0.3 is 14.0 Å². The predicted octanol–water partition coefficient (Wildman–Crippen LogP) is 3.35. The van der Waals surface area contributed by atoms with Gasteiger partial charge in [-0.3, -0.25) is 4.79 Å². The minimum atomic E-state index is -0.782. The van der Waals surface area contributed by atoms with Gasteiger partial charge >= 0.3 is 0 Å². The molecule has 0 N–H and O–H groups in total. The van der Waals surface area contributed by atoms with E-state index in [4.69, 9.17) is 9.47 Å². The Kier molecular flexibility index (Phi) is 3.43. The van der Waals surface area contributed by atoms with Crippen molar-refractivity contribution in [2.24, 2.45) is 0 Å². The Morgan fingerprint density at radius 2 is 1.83 bits per heavy atom. The zero-order valence-corrected chi connectivity index (χ0v) is 13.8. The number of rotatable bonds is 3. The van der Waals surface area contributed by atoms with Gasteiger partial charge in [-0.15, -0.1) is 0 Å². The molecular formula is C20H19NO3. The Morgan fingerprint density at radius 1 is 1.12 bits per heavy atom. The summed E-state index contributed by atoms with van der Waals surface area (Å²) in [5.41, 5.74) is 2.66. The Balaban J connectivity index is 1.95. The summed E-state index contributed by atoms with van der Waals surface area (Å²) >= 11 is 0. The van der Waals surface area contributed by atoms with Gasteiger partial charge in [0.05, 0.1) is 17.6 Å². The monoisotopic (exact) mass is 321 g/mol. The van der Waals surface area contributed by atoms with Crippen LogP contribution in [0.4, 0.5) is 0 Å². The van der Waals surface area contributed by atoms with Crippen LogP contribution in [0.1, 0.15) is 18.1 Å². The van der Waals surface area contributed by atoms with E-state index in [1.54, 1.807) is 7.11 Å². The maximum Gasteiger partial charge on any atom is 0.258 e. The number of benzene rings is 2. The smallest absolute Gasteiger partial charge is 0.258 e. The number of fused-ring (bicyclic) bond motifs is 3. The molecule has 0 spiro atoms. The average Bonchev–Trinajstić information content (AvgIpc) is 2.98. The molecule has 1 aliphatic rings. The fourth-order valence-electron chi connectivity index (χ4n) is 3.32. The molecule has 0 amide bonds. The molecule has 3 aromatic rings. The normalized spacial score (nSPS) is 19.2. The molecule has 0 radical (unpaired) electrons. The van der Waals surface area contributed by atoms with Crippen molar-refractivity contribution in [3.63, 3.8) is 0 Å². The maximum absolute atomic E-state index is 13.1. The lowest BCUT2D eigenvalue weighted by molar-refractivity contribution is -0.133. The SMILES string of the molecule is COC1(C)Cc2c(c3ccccc3n(Cc3ccccc3)c2=O)O1. The number of methoxy groups -OCH3 is 1. The van der Waals surface area contributed by atoms with E-state index in [1.165, 1.54) is 0 Å². The number of hydrogen-bond donors (Lipinski definition) is 0. The highest BCUT2D eigenvalue weighted by molar-refractivity contribution is 5.87. The molecule has 1 aromatic heterocycles. The molecule has 0 saturated carbocycles. The van der Waals surface area contributed by atoms with Gasteiger partial charge in [-0.1, -0.05) is 42.5 Å². The molecule has 24 heavy (non-hydrogen) atoms. The summed E-state index contributed by atoms with van der Waals surface area (Å²) in [6, 6.07) is 17.9. The molecule has 0 fully saturated rings. The van der Waals surface area contributed by atoms with Crippen molar-refractivity contribution in [3.8, 4) is 5.75 Å². The Bertz CT molecular complexity index is 962. The third kappa shape index (κ3) is 2.31. The van der Waals surface area contributed by atoms with Crippen LogP contribution in [0.15, 0.2) is 59.4 Å². The molecule has 2 heterocycles. The molecule has 4 rings (SSSR count). The molecule has 1 aliphatic heterocycles. The van der Waals surface area contributed by atoms with Crippen LogP contribution in [0.3, 0.4) is 0 Å².